The molecule has 10 heteroatoms. The van der Waals surface area contributed by atoms with E-state index in [1.54, 1.807) is 25.2 Å². The number of aromatic amines is 1. The standard InChI is InChI=1S/C28H30N6O4/c1-4-26(27-30-31-32-34(27)18-24-6-5-13-38-24)33(16-19-7-9-22(36-2)10-8-19)17-21-14-20-15-23(37-3)11-12-25(20)29-28(21)35/h5-15,26H,4,16-18H2,1-3H3,(H,29,35). The Kier molecular flexibility index (Phi) is 7.50. The van der Waals surface area contributed by atoms with Gasteiger partial charge < -0.3 is 18.9 Å². The molecule has 0 radical (unpaired) electrons. The fourth-order valence-electron chi connectivity index (χ4n) is 4.65. The maximum atomic E-state index is 13.1. The van der Waals surface area contributed by atoms with Crippen LogP contribution in [0.15, 0.2) is 76.1 Å². The molecule has 5 aromatic rings. The molecule has 5 rings (SSSR count). The smallest absolute Gasteiger partial charge is 0.252 e. The van der Waals surface area contributed by atoms with Crippen molar-refractivity contribution in [2.45, 2.75) is 39.0 Å². The van der Waals surface area contributed by atoms with Gasteiger partial charge in [-0.3, -0.25) is 9.69 Å². The summed E-state index contributed by atoms with van der Waals surface area (Å²) in [4.78, 5) is 18.4. The van der Waals surface area contributed by atoms with Crippen molar-refractivity contribution in [2.24, 2.45) is 0 Å². The van der Waals surface area contributed by atoms with Crippen LogP contribution < -0.4 is 15.0 Å². The summed E-state index contributed by atoms with van der Waals surface area (Å²) in [7, 11) is 3.28. The third-order valence-corrected chi connectivity index (χ3v) is 6.62. The third-order valence-electron chi connectivity index (χ3n) is 6.62. The predicted octanol–water partition coefficient (Wildman–Crippen LogP) is 4.33. The number of methoxy groups -OCH3 is 2. The van der Waals surface area contributed by atoms with Crippen molar-refractivity contribution in [3.05, 3.63) is 100.0 Å². The summed E-state index contributed by atoms with van der Waals surface area (Å²) in [6.07, 6.45) is 2.36. The van der Waals surface area contributed by atoms with Crippen molar-refractivity contribution < 1.29 is 13.9 Å². The molecule has 0 saturated carbocycles. The number of benzene rings is 2. The fourth-order valence-corrected chi connectivity index (χ4v) is 4.65. The van der Waals surface area contributed by atoms with Gasteiger partial charge in [0.1, 0.15) is 23.8 Å². The zero-order valence-corrected chi connectivity index (χ0v) is 21.6. The quantitative estimate of drug-likeness (QED) is 0.277. The molecule has 0 aliphatic heterocycles. The van der Waals surface area contributed by atoms with Crippen LogP contribution in [-0.2, 0) is 19.6 Å². The van der Waals surface area contributed by atoms with Gasteiger partial charge in [-0.05, 0) is 70.9 Å². The molecule has 3 aromatic heterocycles. The number of hydrogen-bond acceptors (Lipinski definition) is 8. The highest BCUT2D eigenvalue weighted by Gasteiger charge is 2.26. The van der Waals surface area contributed by atoms with E-state index < -0.39 is 0 Å². The van der Waals surface area contributed by atoms with Crippen LogP contribution in [-0.4, -0.2) is 44.3 Å². The van der Waals surface area contributed by atoms with E-state index in [9.17, 15) is 4.79 Å². The molecule has 38 heavy (non-hydrogen) atoms. The number of H-pyrrole nitrogens is 1. The van der Waals surface area contributed by atoms with Crippen molar-refractivity contribution >= 4 is 10.9 Å². The number of nitrogens with zero attached hydrogens (tertiary/aromatic N) is 5. The van der Waals surface area contributed by atoms with E-state index in [4.69, 9.17) is 13.9 Å². The molecule has 2 aromatic carbocycles. The number of fused-ring (bicyclic) bond motifs is 1. The first kappa shape index (κ1) is 25.2. The Morgan fingerprint density at radius 3 is 2.53 bits per heavy atom. The summed E-state index contributed by atoms with van der Waals surface area (Å²) >= 11 is 0. The van der Waals surface area contributed by atoms with Crippen LogP contribution in [0, 0.1) is 0 Å². The SMILES string of the molecule is CCC(c1nnnn1Cc1ccco1)N(Cc1ccc(OC)cc1)Cc1cc2cc(OC)ccc2[nH]c1=O. The summed E-state index contributed by atoms with van der Waals surface area (Å²) in [6.45, 7) is 3.47. The minimum absolute atomic E-state index is 0.132. The molecule has 10 nitrogen and oxygen atoms in total. The van der Waals surface area contributed by atoms with Crippen molar-refractivity contribution in [1.29, 1.82) is 0 Å². The average molecular weight is 515 g/mol. The van der Waals surface area contributed by atoms with Crippen LogP contribution in [0.2, 0.25) is 0 Å². The molecule has 3 heterocycles. The summed E-state index contributed by atoms with van der Waals surface area (Å²) in [5, 5.41) is 13.5. The van der Waals surface area contributed by atoms with Gasteiger partial charge in [0.25, 0.3) is 5.56 Å². The van der Waals surface area contributed by atoms with Crippen LogP contribution in [0.4, 0.5) is 0 Å². The molecule has 1 N–H and O–H groups in total. The van der Waals surface area contributed by atoms with Crippen molar-refractivity contribution in [3.63, 3.8) is 0 Å². The third kappa shape index (κ3) is 5.45. The van der Waals surface area contributed by atoms with Crippen LogP contribution in [0.3, 0.4) is 0 Å². The topological polar surface area (TPSA) is 111 Å². The molecule has 0 aliphatic rings. The van der Waals surface area contributed by atoms with Gasteiger partial charge in [-0.15, -0.1) is 5.10 Å². The van der Waals surface area contributed by atoms with E-state index in [0.717, 1.165) is 40.1 Å². The fraction of sp³-hybridized carbons (Fsp3) is 0.286. The Labute approximate surface area is 219 Å². The highest BCUT2D eigenvalue weighted by molar-refractivity contribution is 5.80. The van der Waals surface area contributed by atoms with Gasteiger partial charge in [-0.1, -0.05) is 19.1 Å². The minimum atomic E-state index is -0.164. The van der Waals surface area contributed by atoms with Gasteiger partial charge in [0.15, 0.2) is 5.82 Å². The normalized spacial score (nSPS) is 12.2. The van der Waals surface area contributed by atoms with Gasteiger partial charge >= 0.3 is 0 Å². The van der Waals surface area contributed by atoms with E-state index in [-0.39, 0.29) is 11.6 Å². The molecular formula is C28H30N6O4. The van der Waals surface area contributed by atoms with E-state index in [2.05, 4.69) is 32.3 Å². The Bertz CT molecular complexity index is 1540. The molecule has 1 atom stereocenters. The van der Waals surface area contributed by atoms with E-state index >= 15 is 0 Å². The van der Waals surface area contributed by atoms with Gasteiger partial charge in [-0.2, -0.15) is 0 Å². The van der Waals surface area contributed by atoms with Crippen molar-refractivity contribution in [2.75, 3.05) is 14.2 Å². The Hall–Kier alpha value is -4.44. The first-order chi connectivity index (χ1) is 18.6. The number of hydrogen-bond donors (Lipinski definition) is 1. The van der Waals surface area contributed by atoms with E-state index in [0.29, 0.717) is 31.0 Å². The number of furan rings is 1. The molecule has 0 saturated heterocycles. The molecule has 0 amide bonds. The number of nitrogens with one attached hydrogen (secondary N) is 1. The number of tetrazole rings is 1. The highest BCUT2D eigenvalue weighted by Crippen LogP contribution is 2.28. The molecule has 0 bridgehead atoms. The molecule has 196 valence electrons. The second-order valence-corrected chi connectivity index (χ2v) is 9.03. The number of aromatic nitrogens is 5. The average Bonchev–Trinajstić information content (AvgIpc) is 3.62. The Morgan fingerprint density at radius 2 is 1.82 bits per heavy atom. The lowest BCUT2D eigenvalue weighted by Crippen LogP contribution is -2.32. The second kappa shape index (κ2) is 11.3. The largest absolute Gasteiger partial charge is 0.497 e. The van der Waals surface area contributed by atoms with Crippen molar-refractivity contribution in [1.82, 2.24) is 30.1 Å². The van der Waals surface area contributed by atoms with Gasteiger partial charge in [0.05, 0.1) is 26.5 Å². The minimum Gasteiger partial charge on any atom is -0.497 e. The zero-order valence-electron chi connectivity index (χ0n) is 21.6. The second-order valence-electron chi connectivity index (χ2n) is 9.03. The molecule has 0 spiro atoms. The predicted molar refractivity (Wildman–Crippen MR) is 142 cm³/mol. The highest BCUT2D eigenvalue weighted by atomic mass is 16.5. The lowest BCUT2D eigenvalue weighted by Gasteiger charge is -2.30. The number of rotatable bonds is 11. The first-order valence-electron chi connectivity index (χ1n) is 12.4. The number of pyridine rings is 1. The van der Waals surface area contributed by atoms with Crippen molar-refractivity contribution in [3.8, 4) is 11.5 Å². The first-order valence-corrected chi connectivity index (χ1v) is 12.4. The van der Waals surface area contributed by atoms with Crippen LogP contribution in [0.1, 0.15) is 42.1 Å². The van der Waals surface area contributed by atoms with Gasteiger partial charge in [-0.25, -0.2) is 4.68 Å². The lowest BCUT2D eigenvalue weighted by atomic mass is 10.1. The molecular weight excluding hydrogens is 484 g/mol. The lowest BCUT2D eigenvalue weighted by molar-refractivity contribution is 0.161. The monoisotopic (exact) mass is 514 g/mol. The molecule has 0 fully saturated rings. The van der Waals surface area contributed by atoms with Crippen LogP contribution >= 0.6 is 0 Å². The van der Waals surface area contributed by atoms with E-state index in [1.807, 2.05) is 60.7 Å². The maximum Gasteiger partial charge on any atom is 0.252 e. The van der Waals surface area contributed by atoms with Crippen LogP contribution in [0.5, 0.6) is 11.5 Å². The van der Waals surface area contributed by atoms with Gasteiger partial charge in [0.2, 0.25) is 0 Å². The summed E-state index contributed by atoms with van der Waals surface area (Å²) in [5.74, 6) is 2.98. The Morgan fingerprint density at radius 1 is 1.03 bits per heavy atom. The zero-order chi connectivity index (χ0) is 26.5. The van der Waals surface area contributed by atoms with Gasteiger partial charge in [0, 0.05) is 29.6 Å². The summed E-state index contributed by atoms with van der Waals surface area (Å²) < 4.78 is 18.0. The van der Waals surface area contributed by atoms with E-state index in [1.165, 1.54) is 0 Å². The molecule has 1 unspecified atom stereocenters. The molecule has 0 aliphatic carbocycles. The Balaban J connectivity index is 1.52. The maximum absolute atomic E-state index is 13.1. The number of ether oxygens (including phenoxy) is 2. The summed E-state index contributed by atoms with van der Waals surface area (Å²) in [5.41, 5.74) is 2.35. The van der Waals surface area contributed by atoms with Crippen LogP contribution in [0.25, 0.3) is 10.9 Å². The summed E-state index contributed by atoms with van der Waals surface area (Å²) in [6, 6.07) is 19.0.